The van der Waals surface area contributed by atoms with Gasteiger partial charge >= 0.3 is 5.97 Å². The summed E-state index contributed by atoms with van der Waals surface area (Å²) >= 11 is 3.48. The summed E-state index contributed by atoms with van der Waals surface area (Å²) in [6.07, 6.45) is 2.52. The molecule has 92 valence electrons. The van der Waals surface area contributed by atoms with Crippen molar-refractivity contribution in [1.82, 2.24) is 5.32 Å². The number of halogens is 1. The molecule has 0 aromatic heterocycles. The van der Waals surface area contributed by atoms with Crippen LogP contribution in [0.1, 0.15) is 17.5 Å². The van der Waals surface area contributed by atoms with Crippen molar-refractivity contribution in [3.05, 3.63) is 33.8 Å². The predicted octanol–water partition coefficient (Wildman–Crippen LogP) is 2.07. The zero-order valence-corrected chi connectivity index (χ0v) is 11.4. The van der Waals surface area contributed by atoms with Gasteiger partial charge in [-0.05, 0) is 36.1 Å². The minimum absolute atomic E-state index is 0.157. The highest BCUT2D eigenvalue weighted by molar-refractivity contribution is 9.10. The van der Waals surface area contributed by atoms with Crippen LogP contribution in [0, 0.1) is 0 Å². The SMILES string of the molecule is COC(=O)CCNC1Cc2ccc(Br)cc2C1. The molecule has 0 saturated carbocycles. The van der Waals surface area contributed by atoms with E-state index in [1.54, 1.807) is 0 Å². The van der Waals surface area contributed by atoms with E-state index in [0.717, 1.165) is 17.3 Å². The number of benzene rings is 1. The van der Waals surface area contributed by atoms with Crippen LogP contribution in [-0.2, 0) is 22.4 Å². The van der Waals surface area contributed by atoms with Crippen molar-refractivity contribution in [2.24, 2.45) is 0 Å². The topological polar surface area (TPSA) is 38.3 Å². The normalized spacial score (nSPS) is 17.9. The predicted molar refractivity (Wildman–Crippen MR) is 70.0 cm³/mol. The van der Waals surface area contributed by atoms with Gasteiger partial charge in [0.25, 0.3) is 0 Å². The third-order valence-corrected chi connectivity index (χ3v) is 3.58. The molecule has 1 unspecified atom stereocenters. The number of ether oxygens (including phenoxy) is 1. The Bertz CT molecular complexity index is 420. The van der Waals surface area contributed by atoms with E-state index in [-0.39, 0.29) is 5.97 Å². The first-order valence-electron chi connectivity index (χ1n) is 5.76. The Kier molecular flexibility index (Phi) is 4.18. The summed E-state index contributed by atoms with van der Waals surface area (Å²) in [5.74, 6) is -0.157. The molecule has 0 fully saturated rings. The minimum atomic E-state index is -0.157. The highest BCUT2D eigenvalue weighted by Gasteiger charge is 2.20. The lowest BCUT2D eigenvalue weighted by Gasteiger charge is -2.10. The monoisotopic (exact) mass is 297 g/mol. The van der Waals surface area contributed by atoms with Gasteiger partial charge in [-0.15, -0.1) is 0 Å². The molecular formula is C13H16BrNO2. The molecule has 0 spiro atoms. The second kappa shape index (κ2) is 5.65. The van der Waals surface area contributed by atoms with Crippen LogP contribution in [0.5, 0.6) is 0 Å². The first kappa shape index (κ1) is 12.6. The first-order valence-corrected chi connectivity index (χ1v) is 6.56. The molecule has 17 heavy (non-hydrogen) atoms. The van der Waals surface area contributed by atoms with Crippen molar-refractivity contribution in [3.8, 4) is 0 Å². The molecule has 0 radical (unpaired) electrons. The van der Waals surface area contributed by atoms with Gasteiger partial charge in [0.1, 0.15) is 0 Å². The van der Waals surface area contributed by atoms with Gasteiger partial charge in [0, 0.05) is 17.1 Å². The average molecular weight is 298 g/mol. The highest BCUT2D eigenvalue weighted by Crippen LogP contribution is 2.25. The molecular weight excluding hydrogens is 282 g/mol. The molecule has 0 aliphatic heterocycles. The van der Waals surface area contributed by atoms with Gasteiger partial charge in [0.05, 0.1) is 13.5 Å². The van der Waals surface area contributed by atoms with E-state index >= 15 is 0 Å². The number of rotatable bonds is 4. The fraction of sp³-hybridized carbons (Fsp3) is 0.462. The van der Waals surface area contributed by atoms with Gasteiger partial charge in [-0.1, -0.05) is 22.0 Å². The zero-order valence-electron chi connectivity index (χ0n) is 9.83. The summed E-state index contributed by atoms with van der Waals surface area (Å²) in [4.78, 5) is 11.0. The largest absolute Gasteiger partial charge is 0.469 e. The molecule has 0 heterocycles. The molecule has 3 nitrogen and oxygen atoms in total. The van der Waals surface area contributed by atoms with Crippen molar-refractivity contribution >= 4 is 21.9 Å². The van der Waals surface area contributed by atoms with Crippen molar-refractivity contribution in [3.63, 3.8) is 0 Å². The van der Waals surface area contributed by atoms with Gasteiger partial charge in [0.15, 0.2) is 0 Å². The Morgan fingerprint density at radius 1 is 1.47 bits per heavy atom. The maximum Gasteiger partial charge on any atom is 0.306 e. The molecule has 1 aromatic carbocycles. The molecule has 1 N–H and O–H groups in total. The second-order valence-corrected chi connectivity index (χ2v) is 5.21. The van der Waals surface area contributed by atoms with E-state index in [9.17, 15) is 4.79 Å². The van der Waals surface area contributed by atoms with Crippen LogP contribution in [0.3, 0.4) is 0 Å². The molecule has 1 atom stereocenters. The third-order valence-electron chi connectivity index (χ3n) is 3.09. The molecule has 1 aromatic rings. The number of hydrogen-bond donors (Lipinski definition) is 1. The number of hydrogen-bond acceptors (Lipinski definition) is 3. The Balaban J connectivity index is 1.82. The molecule has 4 heteroatoms. The highest BCUT2D eigenvalue weighted by atomic mass is 79.9. The van der Waals surface area contributed by atoms with E-state index in [4.69, 9.17) is 0 Å². The van der Waals surface area contributed by atoms with Crippen LogP contribution in [-0.4, -0.2) is 25.7 Å². The maximum atomic E-state index is 11.0. The quantitative estimate of drug-likeness (QED) is 0.865. The van der Waals surface area contributed by atoms with Crippen molar-refractivity contribution in [2.75, 3.05) is 13.7 Å². The van der Waals surface area contributed by atoms with Crippen LogP contribution in [0.15, 0.2) is 22.7 Å². The van der Waals surface area contributed by atoms with Gasteiger partial charge in [-0.25, -0.2) is 0 Å². The minimum Gasteiger partial charge on any atom is -0.469 e. The van der Waals surface area contributed by atoms with Gasteiger partial charge in [0.2, 0.25) is 0 Å². The van der Waals surface area contributed by atoms with Crippen LogP contribution < -0.4 is 5.32 Å². The summed E-state index contributed by atoms with van der Waals surface area (Å²) in [6.45, 7) is 0.687. The number of fused-ring (bicyclic) bond motifs is 1. The van der Waals surface area contributed by atoms with Gasteiger partial charge in [-0.3, -0.25) is 4.79 Å². The molecule has 1 aliphatic rings. The van der Waals surface area contributed by atoms with E-state index in [1.165, 1.54) is 18.2 Å². The lowest BCUT2D eigenvalue weighted by molar-refractivity contribution is -0.140. The summed E-state index contributed by atoms with van der Waals surface area (Å²) in [7, 11) is 1.42. The molecule has 0 bridgehead atoms. The fourth-order valence-electron chi connectivity index (χ4n) is 2.21. The lowest BCUT2D eigenvalue weighted by atomic mass is 10.1. The van der Waals surface area contributed by atoms with Crippen LogP contribution in [0.2, 0.25) is 0 Å². The Morgan fingerprint density at radius 2 is 2.24 bits per heavy atom. The third kappa shape index (κ3) is 3.30. The molecule has 2 rings (SSSR count). The van der Waals surface area contributed by atoms with Crippen LogP contribution >= 0.6 is 15.9 Å². The van der Waals surface area contributed by atoms with Gasteiger partial charge in [-0.2, -0.15) is 0 Å². The molecule has 0 amide bonds. The van der Waals surface area contributed by atoms with E-state index in [1.807, 2.05) is 0 Å². The lowest BCUT2D eigenvalue weighted by Crippen LogP contribution is -2.31. The Morgan fingerprint density at radius 3 is 3.00 bits per heavy atom. The van der Waals surface area contributed by atoms with Gasteiger partial charge < -0.3 is 10.1 Å². The summed E-state index contributed by atoms with van der Waals surface area (Å²) < 4.78 is 5.74. The summed E-state index contributed by atoms with van der Waals surface area (Å²) in [5.41, 5.74) is 2.80. The number of methoxy groups -OCH3 is 1. The molecule has 0 saturated heterocycles. The standard InChI is InChI=1S/C13H16BrNO2/c1-17-13(16)4-5-15-12-7-9-2-3-11(14)6-10(9)8-12/h2-3,6,12,15H,4-5,7-8H2,1H3. The second-order valence-electron chi connectivity index (χ2n) is 4.30. The number of esters is 1. The smallest absolute Gasteiger partial charge is 0.306 e. The summed E-state index contributed by atoms with van der Waals surface area (Å²) in [6, 6.07) is 6.87. The fourth-order valence-corrected chi connectivity index (χ4v) is 2.62. The number of carbonyl (C=O) groups is 1. The van der Waals surface area contributed by atoms with Crippen molar-refractivity contribution < 1.29 is 9.53 Å². The number of nitrogens with one attached hydrogen (secondary N) is 1. The Labute approximate surface area is 110 Å². The van der Waals surface area contributed by atoms with Crippen LogP contribution in [0.4, 0.5) is 0 Å². The maximum absolute atomic E-state index is 11.0. The van der Waals surface area contributed by atoms with E-state index in [2.05, 4.69) is 44.2 Å². The van der Waals surface area contributed by atoms with Crippen molar-refractivity contribution in [1.29, 1.82) is 0 Å². The van der Waals surface area contributed by atoms with Crippen LogP contribution in [0.25, 0.3) is 0 Å². The van der Waals surface area contributed by atoms with E-state index in [0.29, 0.717) is 19.0 Å². The average Bonchev–Trinajstić information content (AvgIpc) is 2.70. The summed E-state index contributed by atoms with van der Waals surface area (Å²) in [5, 5.41) is 3.40. The molecule has 1 aliphatic carbocycles. The Hall–Kier alpha value is -0.870. The first-order chi connectivity index (χ1) is 8.19. The van der Waals surface area contributed by atoms with E-state index < -0.39 is 0 Å². The zero-order chi connectivity index (χ0) is 12.3. The van der Waals surface area contributed by atoms with Crippen molar-refractivity contribution in [2.45, 2.75) is 25.3 Å². The number of carbonyl (C=O) groups excluding carboxylic acids is 1.